The third-order valence-electron chi connectivity index (χ3n) is 2.82. The summed E-state index contributed by atoms with van der Waals surface area (Å²) < 4.78 is 51.5. The minimum Gasteiger partial charge on any atom is -0.396 e. The highest BCUT2D eigenvalue weighted by Crippen LogP contribution is 2.33. The van der Waals surface area contributed by atoms with Gasteiger partial charge in [0.15, 0.2) is 0 Å². The molecular weight excluding hydrogens is 278 g/mol. The monoisotopic (exact) mass is 295 g/mol. The van der Waals surface area contributed by atoms with E-state index in [1.165, 1.54) is 0 Å². The molecule has 0 saturated carbocycles. The maximum atomic E-state index is 13.0. The van der Waals surface area contributed by atoms with Gasteiger partial charge in [-0.3, -0.25) is 4.90 Å². The molecule has 0 aliphatic heterocycles. The Morgan fingerprint density at radius 2 is 1.75 bits per heavy atom. The van der Waals surface area contributed by atoms with E-state index in [0.29, 0.717) is 19.0 Å². The molecule has 0 aliphatic carbocycles. The zero-order chi connectivity index (χ0) is 15.2. The van der Waals surface area contributed by atoms with Gasteiger partial charge in [-0.2, -0.15) is 13.2 Å². The first-order valence-corrected chi connectivity index (χ1v) is 6.18. The molecule has 0 unspecified atom stereocenters. The van der Waals surface area contributed by atoms with Gasteiger partial charge in [-0.25, -0.2) is 4.39 Å². The molecule has 0 amide bonds. The molecule has 0 aliphatic rings. The average Bonchev–Trinajstić information content (AvgIpc) is 2.37. The molecule has 1 aromatic carbocycles. The van der Waals surface area contributed by atoms with E-state index < -0.39 is 17.6 Å². The third kappa shape index (κ3) is 5.07. The van der Waals surface area contributed by atoms with Crippen molar-refractivity contribution in [2.24, 2.45) is 0 Å². The normalized spacial score (nSPS) is 12.2. The lowest BCUT2D eigenvalue weighted by molar-refractivity contribution is -0.138. The molecule has 0 heterocycles. The molecule has 0 radical (unpaired) electrons. The molecule has 0 saturated heterocycles. The van der Waals surface area contributed by atoms with Crippen LogP contribution in [-0.2, 0) is 12.7 Å². The SMILES string of the molecule is OCCCN(CCO)Cc1ccc(F)cc1C(F)(F)F. The summed E-state index contributed by atoms with van der Waals surface area (Å²) in [6.07, 6.45) is -4.23. The van der Waals surface area contributed by atoms with Gasteiger partial charge in [0.2, 0.25) is 0 Å². The van der Waals surface area contributed by atoms with Crippen LogP contribution in [0, 0.1) is 5.82 Å². The van der Waals surface area contributed by atoms with Crippen LogP contribution in [0.5, 0.6) is 0 Å². The first kappa shape index (κ1) is 16.9. The number of hydrogen-bond donors (Lipinski definition) is 2. The Morgan fingerprint density at radius 3 is 2.30 bits per heavy atom. The van der Waals surface area contributed by atoms with Crippen molar-refractivity contribution in [3.63, 3.8) is 0 Å². The summed E-state index contributed by atoms with van der Waals surface area (Å²) in [4.78, 5) is 1.58. The van der Waals surface area contributed by atoms with Crippen LogP contribution in [0.2, 0.25) is 0 Å². The van der Waals surface area contributed by atoms with E-state index in [4.69, 9.17) is 10.2 Å². The Bertz CT molecular complexity index is 423. The Labute approximate surface area is 114 Å². The predicted octanol–water partition coefficient (Wildman–Crippen LogP) is 2.02. The van der Waals surface area contributed by atoms with Crippen molar-refractivity contribution in [1.29, 1.82) is 0 Å². The summed E-state index contributed by atoms with van der Waals surface area (Å²) in [5, 5.41) is 17.7. The summed E-state index contributed by atoms with van der Waals surface area (Å²) in [6.45, 7) is 0.196. The van der Waals surface area contributed by atoms with E-state index in [2.05, 4.69) is 0 Å². The van der Waals surface area contributed by atoms with Gasteiger partial charge in [-0.1, -0.05) is 6.07 Å². The number of benzene rings is 1. The molecule has 1 aromatic rings. The largest absolute Gasteiger partial charge is 0.416 e. The van der Waals surface area contributed by atoms with Gasteiger partial charge in [-0.05, 0) is 24.1 Å². The van der Waals surface area contributed by atoms with E-state index in [1.807, 2.05) is 0 Å². The van der Waals surface area contributed by atoms with Crippen molar-refractivity contribution in [2.45, 2.75) is 19.1 Å². The van der Waals surface area contributed by atoms with E-state index in [-0.39, 0.29) is 31.9 Å². The molecule has 7 heteroatoms. The van der Waals surface area contributed by atoms with Crippen molar-refractivity contribution in [2.75, 3.05) is 26.3 Å². The van der Waals surface area contributed by atoms with Crippen LogP contribution < -0.4 is 0 Å². The van der Waals surface area contributed by atoms with E-state index >= 15 is 0 Å². The van der Waals surface area contributed by atoms with Crippen LogP contribution in [0.4, 0.5) is 17.6 Å². The van der Waals surface area contributed by atoms with Crippen LogP contribution in [0.1, 0.15) is 17.5 Å². The van der Waals surface area contributed by atoms with E-state index in [9.17, 15) is 17.6 Å². The molecule has 0 bridgehead atoms. The van der Waals surface area contributed by atoms with E-state index in [0.717, 1.165) is 12.1 Å². The van der Waals surface area contributed by atoms with Crippen molar-refractivity contribution in [3.05, 3.63) is 35.1 Å². The second-order valence-electron chi connectivity index (χ2n) is 4.38. The maximum absolute atomic E-state index is 13.0. The van der Waals surface area contributed by atoms with Crippen molar-refractivity contribution >= 4 is 0 Å². The van der Waals surface area contributed by atoms with Crippen molar-refractivity contribution < 1.29 is 27.8 Å². The number of halogens is 4. The minimum atomic E-state index is -4.63. The smallest absolute Gasteiger partial charge is 0.396 e. The Balaban J connectivity index is 2.93. The van der Waals surface area contributed by atoms with Crippen LogP contribution in [0.3, 0.4) is 0 Å². The fourth-order valence-electron chi connectivity index (χ4n) is 1.90. The van der Waals surface area contributed by atoms with Crippen LogP contribution >= 0.6 is 0 Å². The van der Waals surface area contributed by atoms with Crippen LogP contribution in [-0.4, -0.2) is 41.4 Å². The lowest BCUT2D eigenvalue weighted by atomic mass is 10.1. The van der Waals surface area contributed by atoms with Gasteiger partial charge in [0.1, 0.15) is 5.82 Å². The highest BCUT2D eigenvalue weighted by molar-refractivity contribution is 5.30. The number of rotatable bonds is 7. The molecular formula is C13H17F4NO2. The topological polar surface area (TPSA) is 43.7 Å². The Kier molecular flexibility index (Phi) is 6.38. The molecule has 114 valence electrons. The van der Waals surface area contributed by atoms with Gasteiger partial charge in [0.25, 0.3) is 0 Å². The number of alkyl halides is 3. The zero-order valence-corrected chi connectivity index (χ0v) is 10.8. The van der Waals surface area contributed by atoms with Crippen LogP contribution in [0.25, 0.3) is 0 Å². The Morgan fingerprint density at radius 1 is 1.05 bits per heavy atom. The summed E-state index contributed by atoms with van der Waals surface area (Å²) in [5.41, 5.74) is -1.06. The molecule has 0 fully saturated rings. The minimum absolute atomic E-state index is 0.0507. The fourth-order valence-corrected chi connectivity index (χ4v) is 1.90. The molecule has 0 spiro atoms. The quantitative estimate of drug-likeness (QED) is 0.756. The summed E-state index contributed by atoms with van der Waals surface area (Å²) >= 11 is 0. The molecule has 0 aromatic heterocycles. The molecule has 20 heavy (non-hydrogen) atoms. The third-order valence-corrected chi connectivity index (χ3v) is 2.82. The van der Waals surface area contributed by atoms with Crippen molar-refractivity contribution in [3.8, 4) is 0 Å². The number of hydrogen-bond acceptors (Lipinski definition) is 3. The van der Waals surface area contributed by atoms with Crippen LogP contribution in [0.15, 0.2) is 18.2 Å². The highest BCUT2D eigenvalue weighted by atomic mass is 19.4. The standard InChI is InChI=1S/C13H17F4NO2/c14-11-3-2-10(12(8-11)13(15,16)17)9-18(5-7-20)4-1-6-19/h2-3,8,19-20H,1,4-7,9H2. The van der Waals surface area contributed by atoms with Gasteiger partial charge in [0, 0.05) is 26.2 Å². The van der Waals surface area contributed by atoms with E-state index in [1.54, 1.807) is 4.90 Å². The second-order valence-corrected chi connectivity index (χ2v) is 4.38. The molecule has 2 N–H and O–H groups in total. The van der Waals surface area contributed by atoms with Gasteiger partial charge < -0.3 is 10.2 Å². The van der Waals surface area contributed by atoms with Gasteiger partial charge in [0.05, 0.1) is 12.2 Å². The summed E-state index contributed by atoms with van der Waals surface area (Å²) in [7, 11) is 0. The lowest BCUT2D eigenvalue weighted by Gasteiger charge is -2.23. The number of aliphatic hydroxyl groups is 2. The average molecular weight is 295 g/mol. The Hall–Kier alpha value is -1.18. The molecule has 0 atom stereocenters. The van der Waals surface area contributed by atoms with Gasteiger partial charge in [-0.15, -0.1) is 0 Å². The van der Waals surface area contributed by atoms with Crippen molar-refractivity contribution in [1.82, 2.24) is 4.90 Å². The van der Waals surface area contributed by atoms with Gasteiger partial charge >= 0.3 is 6.18 Å². The summed E-state index contributed by atoms with van der Waals surface area (Å²) in [5.74, 6) is -0.940. The maximum Gasteiger partial charge on any atom is 0.416 e. The first-order valence-electron chi connectivity index (χ1n) is 6.18. The number of nitrogens with zero attached hydrogens (tertiary/aromatic N) is 1. The second kappa shape index (κ2) is 7.56. The molecule has 1 rings (SSSR count). The predicted molar refractivity (Wildman–Crippen MR) is 65.5 cm³/mol. The molecule has 3 nitrogen and oxygen atoms in total. The fraction of sp³-hybridized carbons (Fsp3) is 0.538. The zero-order valence-electron chi connectivity index (χ0n) is 10.8. The summed E-state index contributed by atoms with van der Waals surface area (Å²) in [6, 6.07) is 2.55. The first-order chi connectivity index (χ1) is 9.38. The number of aliphatic hydroxyl groups excluding tert-OH is 2. The lowest BCUT2D eigenvalue weighted by Crippen LogP contribution is -2.29. The highest BCUT2D eigenvalue weighted by Gasteiger charge is 2.34.